The van der Waals surface area contributed by atoms with Crippen LogP contribution in [0, 0.1) is 0 Å². The highest BCUT2D eigenvalue weighted by Gasteiger charge is 2.97. The maximum absolute atomic E-state index is 14.2. The van der Waals surface area contributed by atoms with E-state index in [4.69, 9.17) is 0 Å². The minimum atomic E-state index is -8.90. The summed E-state index contributed by atoms with van der Waals surface area (Å²) in [4.78, 5) is 6.97. The molecule has 2 aromatic rings. The Kier molecular flexibility index (Phi) is 15.3. The minimum absolute atomic E-state index is 0.496. The van der Waals surface area contributed by atoms with Crippen LogP contribution in [-0.2, 0) is 22.7 Å². The highest BCUT2D eigenvalue weighted by atomic mass is 19.4. The van der Waals surface area contributed by atoms with Crippen molar-refractivity contribution in [3.63, 3.8) is 0 Å². The van der Waals surface area contributed by atoms with Crippen LogP contribution in [0.4, 0.5) is 149 Å². The summed E-state index contributed by atoms with van der Waals surface area (Å²) in [5.74, 6) is -117. The molecule has 2 aromatic heterocycles. The van der Waals surface area contributed by atoms with Gasteiger partial charge in [-0.25, -0.2) is 0 Å². The number of pyridine rings is 2. The molecule has 0 aliphatic rings. The molecule has 0 atom stereocenters. The van der Waals surface area contributed by atoms with Crippen LogP contribution < -0.4 is 0 Å². The summed E-state index contributed by atoms with van der Waals surface area (Å²) in [6, 6.07) is 2.16. The zero-order valence-corrected chi connectivity index (χ0v) is 30.9. The van der Waals surface area contributed by atoms with Crippen LogP contribution in [0.1, 0.15) is 11.1 Å². The summed E-state index contributed by atoms with van der Waals surface area (Å²) in [5, 5.41) is 0. The Morgan fingerprint density at radius 3 is 0.721 bits per heavy atom. The van der Waals surface area contributed by atoms with E-state index in [9.17, 15) is 149 Å². The molecule has 0 aliphatic carbocycles. The molecule has 2 rings (SSSR count). The molecule has 0 radical (unpaired) electrons. The number of hydrogen-bond donors (Lipinski definition) is 0. The van der Waals surface area contributed by atoms with E-state index >= 15 is 0 Å². The molecule has 68 heavy (non-hydrogen) atoms. The number of alkyl halides is 34. The first kappa shape index (κ1) is 60.0. The molecular formula is C30H14F34N2O2. The molecule has 0 aliphatic heterocycles. The van der Waals surface area contributed by atoms with E-state index in [0.717, 1.165) is 0 Å². The van der Waals surface area contributed by atoms with Gasteiger partial charge in [-0.2, -0.15) is 149 Å². The SMILES string of the molecule is FC(F)(F)C(F)(F)C(F)(F)C(F)(F)C(F)(F)C(F)(F)C(F)(F)C(F)(F)COCc1ccnc(-c2cc(COCC(F)(F)C(F)(F)C(F)(F)C(F)(F)C(F)(F)C(F)(F)C(F)(F)C(F)(F)F)ccn2)c1. The molecule has 2 heterocycles. The fraction of sp³-hybridized carbons (Fsp3) is 0.667. The molecule has 0 saturated heterocycles. The van der Waals surface area contributed by atoms with E-state index in [1.807, 2.05) is 0 Å². The van der Waals surface area contributed by atoms with Crippen LogP contribution in [0.25, 0.3) is 11.4 Å². The number of rotatable bonds is 21. The average Bonchev–Trinajstić information content (AvgIpc) is 3.16. The lowest BCUT2D eigenvalue weighted by molar-refractivity contribution is -0.462. The van der Waals surface area contributed by atoms with Gasteiger partial charge in [0, 0.05) is 12.4 Å². The van der Waals surface area contributed by atoms with Gasteiger partial charge >= 0.3 is 95.3 Å². The van der Waals surface area contributed by atoms with E-state index in [1.54, 1.807) is 0 Å². The van der Waals surface area contributed by atoms with E-state index in [0.29, 0.717) is 36.7 Å². The third-order valence-corrected chi connectivity index (χ3v) is 8.59. The Bertz CT molecular complexity index is 1930. The molecule has 0 bridgehead atoms. The summed E-state index contributed by atoms with van der Waals surface area (Å²) in [6.45, 7) is -10.0. The van der Waals surface area contributed by atoms with Crippen molar-refractivity contribution in [2.75, 3.05) is 13.2 Å². The van der Waals surface area contributed by atoms with Crippen molar-refractivity contribution >= 4 is 0 Å². The number of hydrogen-bond acceptors (Lipinski definition) is 4. The smallest absolute Gasteiger partial charge is 0.370 e. The van der Waals surface area contributed by atoms with Crippen molar-refractivity contribution in [3.8, 4) is 11.4 Å². The quantitative estimate of drug-likeness (QED) is 0.117. The maximum atomic E-state index is 14.2. The second kappa shape index (κ2) is 17.3. The van der Waals surface area contributed by atoms with E-state index in [2.05, 4.69) is 19.4 Å². The van der Waals surface area contributed by atoms with Gasteiger partial charge in [-0.15, -0.1) is 0 Å². The Balaban J connectivity index is 2.29. The molecule has 4 nitrogen and oxygen atoms in total. The Morgan fingerprint density at radius 1 is 0.294 bits per heavy atom. The van der Waals surface area contributed by atoms with Crippen molar-refractivity contribution in [2.45, 2.75) is 108 Å². The number of ether oxygens (including phenoxy) is 2. The summed E-state index contributed by atoms with van der Waals surface area (Å²) < 4.78 is 466. The lowest BCUT2D eigenvalue weighted by Crippen LogP contribution is -2.74. The third-order valence-electron chi connectivity index (χ3n) is 8.59. The molecule has 0 fully saturated rings. The van der Waals surface area contributed by atoms with Crippen LogP contribution in [0.5, 0.6) is 0 Å². The van der Waals surface area contributed by atoms with Gasteiger partial charge in [0.1, 0.15) is 13.2 Å². The predicted molar refractivity (Wildman–Crippen MR) is 148 cm³/mol. The lowest BCUT2D eigenvalue weighted by Gasteiger charge is -2.42. The van der Waals surface area contributed by atoms with Gasteiger partial charge in [0.15, 0.2) is 0 Å². The van der Waals surface area contributed by atoms with Gasteiger partial charge in [-0.3, -0.25) is 9.97 Å². The maximum Gasteiger partial charge on any atom is 0.460 e. The first-order chi connectivity index (χ1) is 29.6. The molecular weight excluding hydrogens is 1070 g/mol. The predicted octanol–water partition coefficient (Wildman–Crippen LogP) is 13.2. The normalized spacial score (nSPS) is 15.9. The van der Waals surface area contributed by atoms with Gasteiger partial charge < -0.3 is 9.47 Å². The second-order valence-electron chi connectivity index (χ2n) is 13.4. The summed E-state index contributed by atoms with van der Waals surface area (Å²) in [5.41, 5.74) is -2.88. The van der Waals surface area contributed by atoms with E-state index < -0.39 is 144 Å². The molecule has 38 heteroatoms. The van der Waals surface area contributed by atoms with Crippen molar-refractivity contribution < 1.29 is 159 Å². The number of halogens is 34. The fourth-order valence-electron chi connectivity index (χ4n) is 4.58. The average molecular weight is 1080 g/mol. The fourth-order valence-corrected chi connectivity index (χ4v) is 4.58. The van der Waals surface area contributed by atoms with Crippen molar-refractivity contribution in [1.29, 1.82) is 0 Å². The van der Waals surface area contributed by atoms with E-state index in [-0.39, 0.29) is 0 Å². The van der Waals surface area contributed by atoms with Crippen molar-refractivity contribution in [1.82, 2.24) is 9.97 Å². The lowest BCUT2D eigenvalue weighted by atomic mass is 9.89. The highest BCUT2D eigenvalue weighted by Crippen LogP contribution is 2.66. The highest BCUT2D eigenvalue weighted by molar-refractivity contribution is 5.55. The summed E-state index contributed by atoms with van der Waals surface area (Å²) in [6.07, 6.45) is -14.9. The Hall–Kier alpha value is -4.16. The summed E-state index contributed by atoms with van der Waals surface area (Å²) in [7, 11) is 0. The molecule has 0 spiro atoms. The van der Waals surface area contributed by atoms with Crippen LogP contribution in [0.3, 0.4) is 0 Å². The zero-order valence-electron chi connectivity index (χ0n) is 30.9. The van der Waals surface area contributed by atoms with Crippen molar-refractivity contribution in [2.24, 2.45) is 0 Å². The monoisotopic (exact) mass is 1080 g/mol. The van der Waals surface area contributed by atoms with Gasteiger partial charge in [0.2, 0.25) is 0 Å². The molecule has 0 saturated carbocycles. The largest absolute Gasteiger partial charge is 0.460 e. The second-order valence-corrected chi connectivity index (χ2v) is 13.4. The first-order valence-corrected chi connectivity index (χ1v) is 16.1. The molecule has 394 valence electrons. The van der Waals surface area contributed by atoms with Gasteiger partial charge in [-0.05, 0) is 35.4 Å². The molecule has 0 amide bonds. The van der Waals surface area contributed by atoms with Gasteiger partial charge in [0.05, 0.1) is 24.6 Å². The Morgan fingerprint density at radius 2 is 0.500 bits per heavy atom. The zero-order chi connectivity index (χ0) is 54.2. The number of aromatic nitrogens is 2. The molecule has 0 aromatic carbocycles. The first-order valence-electron chi connectivity index (χ1n) is 16.1. The number of nitrogens with zero attached hydrogens (tertiary/aromatic N) is 2. The minimum Gasteiger partial charge on any atom is -0.370 e. The summed E-state index contributed by atoms with van der Waals surface area (Å²) >= 11 is 0. The van der Waals surface area contributed by atoms with Crippen LogP contribution in [0.2, 0.25) is 0 Å². The van der Waals surface area contributed by atoms with Crippen LogP contribution in [-0.4, -0.2) is 118 Å². The Labute approximate surface area is 350 Å². The van der Waals surface area contributed by atoms with Crippen LogP contribution in [0.15, 0.2) is 36.7 Å². The topological polar surface area (TPSA) is 44.2 Å². The van der Waals surface area contributed by atoms with Gasteiger partial charge in [-0.1, -0.05) is 0 Å². The van der Waals surface area contributed by atoms with Crippen molar-refractivity contribution in [3.05, 3.63) is 47.8 Å². The van der Waals surface area contributed by atoms with E-state index in [1.165, 1.54) is 0 Å². The molecule has 0 N–H and O–H groups in total. The van der Waals surface area contributed by atoms with Crippen LogP contribution >= 0.6 is 0 Å². The third kappa shape index (κ3) is 8.96. The molecule has 0 unspecified atom stereocenters. The van der Waals surface area contributed by atoms with Gasteiger partial charge in [0.25, 0.3) is 0 Å². The standard InChI is InChI=1S/C30H14F34N2O2/c31-15(32,17(35,36)19(39,40)21(43,44)23(47,48)25(51,52)27(55,56)29(59,60)61)9-67-7-11-1-3-65-13(5-11)14-6-12(2-4-66-14)8-68-10-16(33,34)18(37,38)20(41,42)22(45,46)24(49,50)26(53,54)28(57,58)30(62,63)64/h1-6H,7-10H2.